The van der Waals surface area contributed by atoms with Crippen LogP contribution in [-0.2, 0) is 10.8 Å². The second-order valence-corrected chi connectivity index (χ2v) is 9.52. The van der Waals surface area contributed by atoms with Crippen LogP contribution in [0.1, 0.15) is 34.3 Å². The Morgan fingerprint density at radius 3 is 2.70 bits per heavy atom. The number of halogens is 1. The second-order valence-electron chi connectivity index (χ2n) is 7.82. The molecule has 3 heterocycles. The standard InChI is InChI=1S/C25H25FN4O2S/c26-23-7-4-19(5-8-23)3-6-21-16-22(18-29-24(21)30-12-14-33(32)15-13-30)25(31)28-10-1-2-20-9-11-27-17-20/h4-5,7-9,16-18H,1-2,10-15H2,(H,28,31). The van der Waals surface area contributed by atoms with Gasteiger partial charge in [-0.05, 0) is 48.7 Å². The molecule has 0 unspecified atom stereocenters. The summed E-state index contributed by atoms with van der Waals surface area (Å²) in [6.45, 7) is 2.54. The molecule has 0 spiro atoms. The highest BCUT2D eigenvalue weighted by atomic mass is 32.2. The molecule has 2 aliphatic heterocycles. The molecule has 1 N–H and O–H groups in total. The second kappa shape index (κ2) is 11.0. The molecule has 2 aromatic rings. The topological polar surface area (TPSA) is 74.7 Å². The number of nitrogens with one attached hydrogen (secondary N) is 1. The number of pyridine rings is 1. The van der Waals surface area contributed by atoms with Gasteiger partial charge in [0.25, 0.3) is 5.91 Å². The van der Waals surface area contributed by atoms with Crippen LogP contribution in [0.5, 0.6) is 0 Å². The van der Waals surface area contributed by atoms with E-state index in [-0.39, 0.29) is 11.7 Å². The van der Waals surface area contributed by atoms with Crippen molar-refractivity contribution in [3.63, 3.8) is 0 Å². The van der Waals surface area contributed by atoms with Gasteiger partial charge in [-0.2, -0.15) is 0 Å². The fraction of sp³-hybridized carbons (Fsp3) is 0.320. The third-order valence-electron chi connectivity index (χ3n) is 5.44. The van der Waals surface area contributed by atoms with Crippen LogP contribution in [0.3, 0.4) is 0 Å². The largest absolute Gasteiger partial charge is 0.354 e. The van der Waals surface area contributed by atoms with Gasteiger partial charge in [0.05, 0.1) is 17.7 Å². The minimum Gasteiger partial charge on any atom is -0.354 e. The number of hydrogen-bond acceptors (Lipinski definition) is 5. The van der Waals surface area contributed by atoms with Crippen LogP contribution in [0.2, 0.25) is 0 Å². The Balaban J connectivity index is 1.50. The molecule has 1 aromatic heterocycles. The molecule has 0 aliphatic carbocycles. The van der Waals surface area contributed by atoms with Gasteiger partial charge in [0, 0.05) is 59.9 Å². The molecule has 2 aliphatic rings. The summed E-state index contributed by atoms with van der Waals surface area (Å²) in [6.07, 6.45) is 7.24. The number of hydrogen-bond donors (Lipinski definition) is 1. The average Bonchev–Trinajstić information content (AvgIpc) is 3.35. The van der Waals surface area contributed by atoms with Crippen molar-refractivity contribution < 1.29 is 13.4 Å². The summed E-state index contributed by atoms with van der Waals surface area (Å²) >= 11 is 0. The van der Waals surface area contributed by atoms with Crippen LogP contribution in [0, 0.1) is 17.7 Å². The average molecular weight is 465 g/mol. The monoisotopic (exact) mass is 464 g/mol. The predicted octanol–water partition coefficient (Wildman–Crippen LogP) is 2.71. The van der Waals surface area contributed by atoms with E-state index in [1.165, 1.54) is 17.7 Å². The number of aliphatic imine (C=N–C) groups is 1. The van der Waals surface area contributed by atoms with Crippen molar-refractivity contribution in [3.8, 4) is 11.8 Å². The number of nitrogens with zero attached hydrogens (tertiary/aromatic N) is 3. The maximum atomic E-state index is 13.2. The van der Waals surface area contributed by atoms with Gasteiger partial charge < -0.3 is 10.2 Å². The van der Waals surface area contributed by atoms with Crippen molar-refractivity contribution in [1.82, 2.24) is 10.3 Å². The number of carbonyl (C=O) groups is 1. The Morgan fingerprint density at radius 1 is 1.18 bits per heavy atom. The summed E-state index contributed by atoms with van der Waals surface area (Å²) in [7, 11) is -0.812. The fourth-order valence-electron chi connectivity index (χ4n) is 3.60. The van der Waals surface area contributed by atoms with E-state index < -0.39 is 10.8 Å². The van der Waals surface area contributed by atoms with E-state index in [1.807, 2.05) is 6.21 Å². The SMILES string of the molecule is O=C(NCCCC1=CCN=C1)c1cnc(N2CCS(=O)CC2)c(C#Cc2ccc(F)cc2)c1. The summed E-state index contributed by atoms with van der Waals surface area (Å²) in [5.74, 6) is 7.44. The zero-order valence-electron chi connectivity index (χ0n) is 18.2. The Hall–Kier alpha value is -3.31. The molecule has 8 heteroatoms. The molecule has 1 saturated heterocycles. The number of allylic oxidation sites excluding steroid dienone is 1. The van der Waals surface area contributed by atoms with Crippen molar-refractivity contribution in [2.75, 3.05) is 42.6 Å². The molecule has 0 saturated carbocycles. The number of aromatic nitrogens is 1. The molecule has 6 nitrogen and oxygen atoms in total. The lowest BCUT2D eigenvalue weighted by Gasteiger charge is -2.28. The van der Waals surface area contributed by atoms with Crippen LogP contribution in [0.15, 0.2) is 53.2 Å². The molecular formula is C25H25FN4O2S. The molecule has 4 rings (SSSR count). The zero-order chi connectivity index (χ0) is 23.0. The lowest BCUT2D eigenvalue weighted by atomic mass is 10.1. The third kappa shape index (κ3) is 6.36. The van der Waals surface area contributed by atoms with Gasteiger partial charge >= 0.3 is 0 Å². The number of carbonyl (C=O) groups excluding carboxylic acids is 1. The Labute approximate surface area is 195 Å². The number of amides is 1. The zero-order valence-corrected chi connectivity index (χ0v) is 19.0. The van der Waals surface area contributed by atoms with E-state index >= 15 is 0 Å². The third-order valence-corrected chi connectivity index (χ3v) is 6.71. The smallest absolute Gasteiger partial charge is 0.252 e. The lowest BCUT2D eigenvalue weighted by molar-refractivity contribution is 0.0953. The van der Waals surface area contributed by atoms with E-state index in [1.54, 1.807) is 24.4 Å². The molecule has 0 atom stereocenters. The minimum atomic E-state index is -0.812. The highest BCUT2D eigenvalue weighted by Crippen LogP contribution is 2.20. The molecule has 33 heavy (non-hydrogen) atoms. The van der Waals surface area contributed by atoms with E-state index in [9.17, 15) is 13.4 Å². The fourth-order valence-corrected chi connectivity index (χ4v) is 4.66. The first-order valence-corrected chi connectivity index (χ1v) is 12.4. The Morgan fingerprint density at radius 2 is 1.97 bits per heavy atom. The van der Waals surface area contributed by atoms with Gasteiger partial charge in [-0.15, -0.1) is 0 Å². The van der Waals surface area contributed by atoms with Crippen molar-refractivity contribution in [1.29, 1.82) is 0 Å². The minimum absolute atomic E-state index is 0.201. The van der Waals surface area contributed by atoms with Crippen molar-refractivity contribution >= 4 is 28.7 Å². The van der Waals surface area contributed by atoms with Crippen LogP contribution >= 0.6 is 0 Å². The first-order valence-electron chi connectivity index (χ1n) is 10.9. The van der Waals surface area contributed by atoms with Gasteiger partial charge in [0.15, 0.2) is 0 Å². The normalized spacial score (nSPS) is 15.7. The maximum absolute atomic E-state index is 13.2. The summed E-state index contributed by atoms with van der Waals surface area (Å²) in [5.41, 5.74) is 2.93. The van der Waals surface area contributed by atoms with Crippen molar-refractivity contribution in [3.05, 3.63) is 70.7 Å². The van der Waals surface area contributed by atoms with Crippen LogP contribution in [-0.4, -0.2) is 59.0 Å². The van der Waals surface area contributed by atoms with E-state index in [0.29, 0.717) is 53.6 Å². The first kappa shape index (κ1) is 22.9. The summed E-state index contributed by atoms with van der Waals surface area (Å²) in [5, 5.41) is 2.94. The van der Waals surface area contributed by atoms with Gasteiger partial charge in [-0.25, -0.2) is 9.37 Å². The van der Waals surface area contributed by atoms with Gasteiger partial charge in [0.1, 0.15) is 11.6 Å². The molecule has 0 bridgehead atoms. The molecule has 1 amide bonds. The summed E-state index contributed by atoms with van der Waals surface area (Å²) in [4.78, 5) is 23.5. The first-order chi connectivity index (χ1) is 16.1. The van der Waals surface area contributed by atoms with Gasteiger partial charge in [-0.1, -0.05) is 17.9 Å². The van der Waals surface area contributed by atoms with Crippen molar-refractivity contribution in [2.45, 2.75) is 12.8 Å². The molecule has 1 fully saturated rings. The van der Waals surface area contributed by atoms with E-state index in [0.717, 1.165) is 19.4 Å². The number of rotatable bonds is 6. The number of benzene rings is 1. The molecule has 170 valence electrons. The summed E-state index contributed by atoms with van der Waals surface area (Å²) in [6, 6.07) is 7.69. The van der Waals surface area contributed by atoms with Crippen LogP contribution < -0.4 is 10.2 Å². The summed E-state index contributed by atoms with van der Waals surface area (Å²) < 4.78 is 25.0. The van der Waals surface area contributed by atoms with Crippen LogP contribution in [0.4, 0.5) is 10.2 Å². The highest BCUT2D eigenvalue weighted by molar-refractivity contribution is 7.85. The van der Waals surface area contributed by atoms with E-state index in [4.69, 9.17) is 0 Å². The highest BCUT2D eigenvalue weighted by Gasteiger charge is 2.20. The van der Waals surface area contributed by atoms with Gasteiger partial charge in [-0.3, -0.25) is 14.0 Å². The van der Waals surface area contributed by atoms with E-state index in [2.05, 4.69) is 38.1 Å². The maximum Gasteiger partial charge on any atom is 0.252 e. The lowest BCUT2D eigenvalue weighted by Crippen LogP contribution is -2.38. The quantitative estimate of drug-likeness (QED) is 0.527. The Kier molecular flexibility index (Phi) is 7.63. The molecule has 1 aromatic carbocycles. The molecule has 0 radical (unpaired) electrons. The Bertz CT molecular complexity index is 1160. The van der Waals surface area contributed by atoms with Crippen LogP contribution in [0.25, 0.3) is 0 Å². The van der Waals surface area contributed by atoms with Gasteiger partial charge in [0.2, 0.25) is 0 Å². The molecular weight excluding hydrogens is 439 g/mol. The van der Waals surface area contributed by atoms with Crippen molar-refractivity contribution in [2.24, 2.45) is 4.99 Å². The predicted molar refractivity (Wildman–Crippen MR) is 130 cm³/mol. The number of anilines is 1.